The predicted molar refractivity (Wildman–Crippen MR) is 89.2 cm³/mol. The zero-order chi connectivity index (χ0) is 16.2. The quantitative estimate of drug-likeness (QED) is 0.852. The van der Waals surface area contributed by atoms with E-state index in [4.69, 9.17) is 4.42 Å². The first-order valence-electron chi connectivity index (χ1n) is 8.08. The van der Waals surface area contributed by atoms with Crippen LogP contribution < -0.4 is 5.32 Å². The molecule has 1 aliphatic rings. The van der Waals surface area contributed by atoms with E-state index in [2.05, 4.69) is 10.3 Å². The van der Waals surface area contributed by atoms with Crippen LogP contribution in [0.4, 0.5) is 0 Å². The average Bonchev–Trinajstić information content (AvgIpc) is 3.27. The molecular formula is C17H22N2O3S. The molecule has 0 bridgehead atoms. The van der Waals surface area contributed by atoms with Gasteiger partial charge in [-0.2, -0.15) is 0 Å². The maximum Gasteiger partial charge on any atom is 0.236 e. The van der Waals surface area contributed by atoms with Gasteiger partial charge in [-0.1, -0.05) is 18.9 Å². The van der Waals surface area contributed by atoms with Gasteiger partial charge in [-0.05, 0) is 37.1 Å². The molecule has 23 heavy (non-hydrogen) atoms. The van der Waals surface area contributed by atoms with Gasteiger partial charge in [0.25, 0.3) is 0 Å². The van der Waals surface area contributed by atoms with Gasteiger partial charge in [-0.25, -0.2) is 4.98 Å². The Balaban J connectivity index is 1.53. The first-order chi connectivity index (χ1) is 11.1. The van der Waals surface area contributed by atoms with Gasteiger partial charge in [-0.3, -0.25) is 4.79 Å². The molecule has 1 unspecified atom stereocenters. The summed E-state index contributed by atoms with van der Waals surface area (Å²) in [6, 6.07) is 3.88. The summed E-state index contributed by atoms with van der Waals surface area (Å²) in [4.78, 5) is 17.5. The molecule has 6 heteroatoms. The second-order valence-electron chi connectivity index (χ2n) is 6.09. The number of rotatable bonds is 6. The molecule has 0 saturated heterocycles. The van der Waals surface area contributed by atoms with Gasteiger partial charge >= 0.3 is 0 Å². The van der Waals surface area contributed by atoms with Crippen molar-refractivity contribution >= 4 is 17.2 Å². The minimum atomic E-state index is -0.443. The highest BCUT2D eigenvalue weighted by atomic mass is 32.1. The van der Waals surface area contributed by atoms with E-state index in [1.807, 2.05) is 24.4 Å². The van der Waals surface area contributed by atoms with E-state index in [0.717, 1.165) is 17.7 Å². The van der Waals surface area contributed by atoms with Crippen LogP contribution in [0, 0.1) is 12.8 Å². The molecule has 1 amide bonds. The second-order valence-corrected chi connectivity index (χ2v) is 7.04. The number of aliphatic hydroxyl groups is 1. The summed E-state index contributed by atoms with van der Waals surface area (Å²) in [6.07, 6.45) is 4.21. The van der Waals surface area contributed by atoms with Crippen LogP contribution in [0.25, 0.3) is 10.8 Å². The molecule has 1 saturated carbocycles. The number of carbonyl (C=O) groups excluding carboxylic acids is 1. The highest BCUT2D eigenvalue weighted by molar-refractivity contribution is 7.13. The van der Waals surface area contributed by atoms with Crippen LogP contribution in [0.5, 0.6) is 0 Å². The zero-order valence-electron chi connectivity index (χ0n) is 13.2. The second kappa shape index (κ2) is 7.27. The van der Waals surface area contributed by atoms with Crippen LogP contribution in [-0.4, -0.2) is 28.6 Å². The Hall–Kier alpha value is -1.66. The highest BCUT2D eigenvalue weighted by Gasteiger charge is 2.23. The van der Waals surface area contributed by atoms with Crippen LogP contribution in [-0.2, 0) is 11.2 Å². The number of amides is 1. The van der Waals surface area contributed by atoms with E-state index < -0.39 is 6.10 Å². The number of carbonyl (C=O) groups is 1. The molecule has 1 atom stereocenters. The standard InChI is InChI=1S/C17H22N2O3S/c1-11-13(19-17(22-11)15-7-4-8-23-15)9-16(21)18-10-14(20)12-5-2-3-6-12/h4,7-8,12,14,20H,2-3,5-6,9-10H2,1H3,(H,18,21). The Morgan fingerprint density at radius 2 is 2.30 bits per heavy atom. The van der Waals surface area contributed by atoms with Crippen molar-refractivity contribution in [1.29, 1.82) is 0 Å². The lowest BCUT2D eigenvalue weighted by Crippen LogP contribution is -2.36. The molecular weight excluding hydrogens is 312 g/mol. The van der Waals surface area contributed by atoms with Crippen LogP contribution in [0.15, 0.2) is 21.9 Å². The molecule has 2 aromatic heterocycles. The Labute approximate surface area is 139 Å². The monoisotopic (exact) mass is 334 g/mol. The predicted octanol–water partition coefficient (Wildman–Crippen LogP) is 2.92. The lowest BCUT2D eigenvalue weighted by molar-refractivity contribution is -0.121. The van der Waals surface area contributed by atoms with Crippen molar-refractivity contribution in [3.8, 4) is 10.8 Å². The van der Waals surface area contributed by atoms with Crippen molar-refractivity contribution in [2.45, 2.75) is 45.1 Å². The number of thiophene rings is 1. The fraction of sp³-hybridized carbons (Fsp3) is 0.529. The third-order valence-electron chi connectivity index (χ3n) is 4.40. The number of hydrogen-bond donors (Lipinski definition) is 2. The van der Waals surface area contributed by atoms with Crippen molar-refractivity contribution in [1.82, 2.24) is 10.3 Å². The van der Waals surface area contributed by atoms with E-state index in [1.54, 1.807) is 11.3 Å². The van der Waals surface area contributed by atoms with Crippen LogP contribution in [0.3, 0.4) is 0 Å². The maximum absolute atomic E-state index is 12.1. The lowest BCUT2D eigenvalue weighted by atomic mass is 10.0. The summed E-state index contributed by atoms with van der Waals surface area (Å²) in [5, 5.41) is 14.9. The van der Waals surface area contributed by atoms with E-state index in [-0.39, 0.29) is 12.3 Å². The van der Waals surface area contributed by atoms with E-state index in [1.165, 1.54) is 12.8 Å². The highest BCUT2D eigenvalue weighted by Crippen LogP contribution is 2.28. The molecule has 0 aliphatic heterocycles. The number of nitrogens with one attached hydrogen (secondary N) is 1. The number of nitrogens with zero attached hydrogens (tertiary/aromatic N) is 1. The average molecular weight is 334 g/mol. The molecule has 2 aromatic rings. The summed E-state index contributed by atoms with van der Waals surface area (Å²) < 4.78 is 5.64. The summed E-state index contributed by atoms with van der Waals surface area (Å²) in [6.45, 7) is 2.14. The molecule has 0 aromatic carbocycles. The molecule has 0 spiro atoms. The van der Waals surface area contributed by atoms with E-state index in [9.17, 15) is 9.90 Å². The van der Waals surface area contributed by atoms with Gasteiger partial charge in [0.15, 0.2) is 0 Å². The fourth-order valence-corrected chi connectivity index (χ4v) is 3.69. The minimum absolute atomic E-state index is 0.129. The lowest BCUT2D eigenvalue weighted by Gasteiger charge is -2.17. The van der Waals surface area contributed by atoms with Gasteiger partial charge in [0.2, 0.25) is 11.8 Å². The van der Waals surface area contributed by atoms with Gasteiger partial charge in [0, 0.05) is 6.54 Å². The molecule has 3 rings (SSSR count). The summed E-state index contributed by atoms with van der Waals surface area (Å²) in [5.41, 5.74) is 0.654. The Morgan fingerprint density at radius 3 is 3.00 bits per heavy atom. The Kier molecular flexibility index (Phi) is 5.13. The first-order valence-corrected chi connectivity index (χ1v) is 8.96. The summed E-state index contributed by atoms with van der Waals surface area (Å²) >= 11 is 1.56. The van der Waals surface area contributed by atoms with Crippen molar-refractivity contribution in [3.63, 3.8) is 0 Å². The van der Waals surface area contributed by atoms with Gasteiger partial charge in [-0.15, -0.1) is 11.3 Å². The molecule has 124 valence electrons. The molecule has 2 heterocycles. The van der Waals surface area contributed by atoms with Crippen molar-refractivity contribution in [2.75, 3.05) is 6.54 Å². The summed E-state index contributed by atoms with van der Waals surface area (Å²) in [7, 11) is 0. The van der Waals surface area contributed by atoms with Crippen LogP contribution in [0.1, 0.15) is 37.1 Å². The molecule has 0 radical (unpaired) electrons. The first kappa shape index (κ1) is 16.2. The van der Waals surface area contributed by atoms with Crippen molar-refractivity contribution < 1.29 is 14.3 Å². The summed E-state index contributed by atoms with van der Waals surface area (Å²) in [5.74, 6) is 1.43. The third-order valence-corrected chi connectivity index (χ3v) is 5.26. The van der Waals surface area contributed by atoms with E-state index >= 15 is 0 Å². The van der Waals surface area contributed by atoms with Crippen LogP contribution >= 0.6 is 11.3 Å². The topological polar surface area (TPSA) is 75.4 Å². The molecule has 1 fully saturated rings. The SMILES string of the molecule is Cc1oc(-c2cccs2)nc1CC(=O)NCC(O)C1CCCC1. The van der Waals surface area contributed by atoms with Crippen molar-refractivity contribution in [3.05, 3.63) is 29.0 Å². The smallest absolute Gasteiger partial charge is 0.236 e. The van der Waals surface area contributed by atoms with E-state index in [0.29, 0.717) is 29.8 Å². The molecule has 5 nitrogen and oxygen atoms in total. The number of oxazole rings is 1. The largest absolute Gasteiger partial charge is 0.440 e. The Bertz CT molecular complexity index is 645. The Morgan fingerprint density at radius 1 is 1.52 bits per heavy atom. The normalized spacial score (nSPS) is 16.6. The number of aryl methyl sites for hydroxylation is 1. The van der Waals surface area contributed by atoms with Crippen LogP contribution in [0.2, 0.25) is 0 Å². The minimum Gasteiger partial charge on any atom is -0.440 e. The van der Waals surface area contributed by atoms with Gasteiger partial charge in [0.1, 0.15) is 5.76 Å². The third kappa shape index (κ3) is 4.00. The maximum atomic E-state index is 12.1. The number of aromatic nitrogens is 1. The van der Waals surface area contributed by atoms with Gasteiger partial charge in [0.05, 0.1) is 23.1 Å². The fourth-order valence-electron chi connectivity index (χ4n) is 3.04. The number of hydrogen-bond acceptors (Lipinski definition) is 5. The number of aliphatic hydroxyl groups excluding tert-OH is 1. The molecule has 2 N–H and O–H groups in total. The zero-order valence-corrected chi connectivity index (χ0v) is 14.1. The van der Waals surface area contributed by atoms with Crippen molar-refractivity contribution in [2.24, 2.45) is 5.92 Å². The molecule has 1 aliphatic carbocycles. The van der Waals surface area contributed by atoms with Gasteiger partial charge < -0.3 is 14.8 Å².